The molecule has 1 atom stereocenters. The zero-order valence-corrected chi connectivity index (χ0v) is 11.4. The second-order valence-electron chi connectivity index (χ2n) is 4.75. The average Bonchev–Trinajstić information content (AvgIpc) is 2.43. The van der Waals surface area contributed by atoms with E-state index in [1.807, 2.05) is 0 Å². The molecule has 1 amide bonds. The van der Waals surface area contributed by atoms with Crippen molar-refractivity contribution in [3.8, 4) is 0 Å². The molecule has 1 aliphatic rings. The summed E-state index contributed by atoms with van der Waals surface area (Å²) in [6, 6.07) is 1.40. The van der Waals surface area contributed by atoms with Crippen LogP contribution in [0.25, 0.3) is 0 Å². The van der Waals surface area contributed by atoms with E-state index in [4.69, 9.17) is 18.0 Å². The lowest BCUT2D eigenvalue weighted by molar-refractivity contribution is 0.0702. The Balaban J connectivity index is 2.21. The fourth-order valence-electron chi connectivity index (χ4n) is 2.26. The quantitative estimate of drug-likeness (QED) is 0.673. The van der Waals surface area contributed by atoms with Gasteiger partial charge in [0.25, 0.3) is 5.91 Å². The molecule has 108 valence electrons. The molecule has 1 unspecified atom stereocenters. The van der Waals surface area contributed by atoms with Gasteiger partial charge in [0.05, 0.1) is 4.99 Å². The normalized spacial score (nSPS) is 18.9. The van der Waals surface area contributed by atoms with Gasteiger partial charge >= 0.3 is 0 Å². The largest absolute Gasteiger partial charge is 0.393 e. The van der Waals surface area contributed by atoms with Gasteiger partial charge in [0.15, 0.2) is 17.5 Å². The number of piperidine rings is 1. The molecule has 3 nitrogen and oxygen atoms in total. The highest BCUT2D eigenvalue weighted by atomic mass is 32.1. The number of nitrogens with two attached hydrogens (primary N) is 1. The highest BCUT2D eigenvalue weighted by Gasteiger charge is 2.27. The van der Waals surface area contributed by atoms with Crippen LogP contribution in [0.1, 0.15) is 23.2 Å². The van der Waals surface area contributed by atoms with Crippen molar-refractivity contribution < 1.29 is 18.0 Å². The van der Waals surface area contributed by atoms with E-state index in [-0.39, 0.29) is 11.5 Å². The summed E-state index contributed by atoms with van der Waals surface area (Å²) in [6.07, 6.45) is 1.49. The molecule has 0 radical (unpaired) electrons. The molecular formula is C13H13F3N2OS. The van der Waals surface area contributed by atoms with E-state index in [2.05, 4.69) is 0 Å². The number of amides is 1. The van der Waals surface area contributed by atoms with E-state index in [0.717, 1.165) is 6.42 Å². The number of halogens is 3. The zero-order valence-electron chi connectivity index (χ0n) is 10.5. The van der Waals surface area contributed by atoms with Crippen molar-refractivity contribution in [1.82, 2.24) is 4.90 Å². The minimum atomic E-state index is -1.58. The van der Waals surface area contributed by atoms with E-state index in [9.17, 15) is 18.0 Å². The number of thiocarbonyl (C=S) groups is 1. The van der Waals surface area contributed by atoms with Gasteiger partial charge in [0, 0.05) is 24.6 Å². The predicted molar refractivity (Wildman–Crippen MR) is 71.7 cm³/mol. The summed E-state index contributed by atoms with van der Waals surface area (Å²) < 4.78 is 39.2. The molecule has 0 saturated carbocycles. The lowest BCUT2D eigenvalue weighted by atomic mass is 9.97. The third-order valence-corrected chi connectivity index (χ3v) is 3.68. The molecular weight excluding hydrogens is 289 g/mol. The first-order chi connectivity index (χ1) is 9.40. The van der Waals surface area contributed by atoms with Crippen molar-refractivity contribution in [3.05, 3.63) is 35.1 Å². The van der Waals surface area contributed by atoms with E-state index < -0.39 is 23.4 Å². The Bertz CT molecular complexity index is 542. The first-order valence-electron chi connectivity index (χ1n) is 6.13. The summed E-state index contributed by atoms with van der Waals surface area (Å²) in [6.45, 7) is 0.771. The molecule has 0 bridgehead atoms. The molecule has 2 N–H and O–H groups in total. The number of likely N-dealkylation sites (tertiary alicyclic amines) is 1. The van der Waals surface area contributed by atoms with Crippen molar-refractivity contribution >= 4 is 23.1 Å². The number of nitrogens with zero attached hydrogens (tertiary/aromatic N) is 1. The number of benzene rings is 1. The third kappa shape index (κ3) is 2.92. The minimum absolute atomic E-state index is 0.0992. The van der Waals surface area contributed by atoms with Gasteiger partial charge in [-0.05, 0) is 25.0 Å². The number of hydrogen-bond donors (Lipinski definition) is 1. The van der Waals surface area contributed by atoms with Crippen molar-refractivity contribution in [3.63, 3.8) is 0 Å². The van der Waals surface area contributed by atoms with Crippen LogP contribution in [0.3, 0.4) is 0 Å². The van der Waals surface area contributed by atoms with Crippen LogP contribution in [0.5, 0.6) is 0 Å². The molecule has 1 saturated heterocycles. The smallest absolute Gasteiger partial charge is 0.254 e. The van der Waals surface area contributed by atoms with Gasteiger partial charge in [0.1, 0.15) is 0 Å². The van der Waals surface area contributed by atoms with Gasteiger partial charge in [-0.25, -0.2) is 13.2 Å². The summed E-state index contributed by atoms with van der Waals surface area (Å²) in [7, 11) is 0. The Labute approximate surface area is 119 Å². The van der Waals surface area contributed by atoms with Crippen LogP contribution < -0.4 is 5.73 Å². The maximum Gasteiger partial charge on any atom is 0.254 e. The van der Waals surface area contributed by atoms with Crippen LogP contribution in [0.4, 0.5) is 13.2 Å². The topological polar surface area (TPSA) is 46.3 Å². The summed E-state index contributed by atoms with van der Waals surface area (Å²) >= 11 is 4.90. The molecule has 2 rings (SSSR count). The zero-order chi connectivity index (χ0) is 14.9. The minimum Gasteiger partial charge on any atom is -0.393 e. The van der Waals surface area contributed by atoms with Crippen LogP contribution in [-0.2, 0) is 0 Å². The van der Waals surface area contributed by atoms with Crippen LogP contribution in [-0.4, -0.2) is 28.9 Å². The van der Waals surface area contributed by atoms with Gasteiger partial charge < -0.3 is 10.6 Å². The first kappa shape index (κ1) is 14.8. The standard InChI is InChI=1S/C13H13F3N2OS/c14-9-4-8(5-10(15)11(9)16)13(19)18-3-1-2-7(6-18)12(17)20/h4-5,7H,1-3,6H2,(H2,17,20). The number of carbonyl (C=O) groups excluding carboxylic acids is 1. The molecule has 7 heteroatoms. The van der Waals surface area contributed by atoms with Crippen LogP contribution in [0, 0.1) is 23.4 Å². The second-order valence-corrected chi connectivity index (χ2v) is 5.22. The maximum absolute atomic E-state index is 13.1. The summed E-state index contributed by atoms with van der Waals surface area (Å²) in [5.41, 5.74) is 5.34. The molecule has 0 spiro atoms. The maximum atomic E-state index is 13.1. The van der Waals surface area contributed by atoms with E-state index >= 15 is 0 Å². The number of hydrogen-bond acceptors (Lipinski definition) is 2. The average molecular weight is 302 g/mol. The number of rotatable bonds is 2. The summed E-state index contributed by atoms with van der Waals surface area (Å²) in [5.74, 6) is -4.99. The van der Waals surface area contributed by atoms with Crippen LogP contribution >= 0.6 is 12.2 Å². The lowest BCUT2D eigenvalue weighted by Crippen LogP contribution is -2.43. The van der Waals surface area contributed by atoms with Gasteiger partial charge in [-0.15, -0.1) is 0 Å². The van der Waals surface area contributed by atoms with Crippen molar-refractivity contribution in [2.24, 2.45) is 11.7 Å². The Morgan fingerprint density at radius 2 is 1.90 bits per heavy atom. The summed E-state index contributed by atoms with van der Waals surface area (Å²) in [4.78, 5) is 13.9. The highest BCUT2D eigenvalue weighted by molar-refractivity contribution is 7.80. The van der Waals surface area contributed by atoms with Gasteiger partial charge in [0.2, 0.25) is 0 Å². The highest BCUT2D eigenvalue weighted by Crippen LogP contribution is 2.20. The number of carbonyl (C=O) groups is 1. The van der Waals surface area contributed by atoms with Crippen LogP contribution in [0.2, 0.25) is 0 Å². The molecule has 1 aromatic carbocycles. The Morgan fingerprint density at radius 1 is 1.30 bits per heavy atom. The molecule has 0 aromatic heterocycles. The molecule has 1 aliphatic heterocycles. The summed E-state index contributed by atoms with van der Waals surface area (Å²) in [5, 5.41) is 0. The molecule has 0 aliphatic carbocycles. The third-order valence-electron chi connectivity index (χ3n) is 3.34. The predicted octanol–water partition coefficient (Wildman–Crippen LogP) is 2.24. The molecule has 1 fully saturated rings. The molecule has 1 aromatic rings. The van der Waals surface area contributed by atoms with Crippen molar-refractivity contribution in [2.45, 2.75) is 12.8 Å². The van der Waals surface area contributed by atoms with E-state index in [1.54, 1.807) is 0 Å². The van der Waals surface area contributed by atoms with E-state index in [0.29, 0.717) is 36.6 Å². The van der Waals surface area contributed by atoms with Gasteiger partial charge in [-0.1, -0.05) is 12.2 Å². The van der Waals surface area contributed by atoms with Crippen molar-refractivity contribution in [1.29, 1.82) is 0 Å². The SMILES string of the molecule is NC(=S)C1CCCN(C(=O)c2cc(F)c(F)c(F)c2)C1. The molecule has 1 heterocycles. The Kier molecular flexibility index (Phi) is 4.27. The Hall–Kier alpha value is -1.63. The monoisotopic (exact) mass is 302 g/mol. The van der Waals surface area contributed by atoms with E-state index in [1.165, 1.54) is 4.90 Å². The molecule has 20 heavy (non-hydrogen) atoms. The lowest BCUT2D eigenvalue weighted by Gasteiger charge is -2.32. The fourth-order valence-corrected chi connectivity index (χ4v) is 2.45. The van der Waals surface area contributed by atoms with Crippen LogP contribution in [0.15, 0.2) is 12.1 Å². The van der Waals surface area contributed by atoms with Crippen molar-refractivity contribution in [2.75, 3.05) is 13.1 Å². The first-order valence-corrected chi connectivity index (χ1v) is 6.54. The van der Waals surface area contributed by atoms with Gasteiger partial charge in [-0.3, -0.25) is 4.79 Å². The fraction of sp³-hybridized carbons (Fsp3) is 0.385. The second kappa shape index (κ2) is 5.78. The van der Waals surface area contributed by atoms with Gasteiger partial charge in [-0.2, -0.15) is 0 Å². The Morgan fingerprint density at radius 3 is 2.45 bits per heavy atom.